The van der Waals surface area contributed by atoms with E-state index in [4.69, 9.17) is 4.74 Å². The summed E-state index contributed by atoms with van der Waals surface area (Å²) in [4.78, 5) is 38.2. The largest absolute Gasteiger partial charge is 0.448 e. The van der Waals surface area contributed by atoms with Crippen molar-refractivity contribution in [2.75, 3.05) is 16.8 Å². The molecule has 3 rings (SSSR count). The van der Waals surface area contributed by atoms with Gasteiger partial charge in [0.05, 0.1) is 16.9 Å². The van der Waals surface area contributed by atoms with Crippen molar-refractivity contribution < 1.29 is 32.3 Å². The molecule has 10 heteroatoms. The summed E-state index contributed by atoms with van der Waals surface area (Å²) in [6, 6.07) is 4.42. The van der Waals surface area contributed by atoms with Gasteiger partial charge in [0, 0.05) is 0 Å². The molecule has 0 bridgehead atoms. The zero-order chi connectivity index (χ0) is 20.6. The summed E-state index contributed by atoms with van der Waals surface area (Å²) in [5.41, 5.74) is -0.273. The SMILES string of the molecule is Cc1ccsc1C(=O)OC(C)C(=O)N1CC(=O)Nc2cc(C(F)(F)F)ccc21. The molecule has 28 heavy (non-hydrogen) atoms. The molecule has 148 valence electrons. The summed E-state index contributed by atoms with van der Waals surface area (Å²) in [7, 11) is 0. The Morgan fingerprint density at radius 1 is 1.29 bits per heavy atom. The minimum absolute atomic E-state index is 0.104. The van der Waals surface area contributed by atoms with Crippen LogP contribution < -0.4 is 10.2 Å². The summed E-state index contributed by atoms with van der Waals surface area (Å²) in [5, 5.41) is 4.04. The van der Waals surface area contributed by atoms with E-state index in [1.165, 1.54) is 18.3 Å². The predicted molar refractivity (Wildman–Crippen MR) is 96.4 cm³/mol. The van der Waals surface area contributed by atoms with Crippen LogP contribution in [0.3, 0.4) is 0 Å². The second-order valence-corrected chi connectivity index (χ2v) is 7.10. The van der Waals surface area contributed by atoms with Crippen molar-refractivity contribution in [3.05, 3.63) is 45.6 Å². The van der Waals surface area contributed by atoms with Crippen molar-refractivity contribution in [2.45, 2.75) is 26.1 Å². The molecule has 2 amide bonds. The molecule has 0 radical (unpaired) electrons. The molecule has 1 N–H and O–H groups in total. The number of alkyl halides is 3. The summed E-state index contributed by atoms with van der Waals surface area (Å²) in [6.07, 6.45) is -5.82. The van der Waals surface area contributed by atoms with Gasteiger partial charge in [-0.3, -0.25) is 14.5 Å². The summed E-state index contributed by atoms with van der Waals surface area (Å²) >= 11 is 1.17. The van der Waals surface area contributed by atoms with Crippen molar-refractivity contribution in [2.24, 2.45) is 0 Å². The van der Waals surface area contributed by atoms with Gasteiger partial charge in [-0.25, -0.2) is 4.79 Å². The Morgan fingerprint density at radius 2 is 2.00 bits per heavy atom. The van der Waals surface area contributed by atoms with Crippen molar-refractivity contribution in [1.82, 2.24) is 0 Å². The van der Waals surface area contributed by atoms with Crippen LogP contribution in [0.25, 0.3) is 0 Å². The molecule has 0 spiro atoms. The number of hydrogen-bond donors (Lipinski definition) is 1. The van der Waals surface area contributed by atoms with E-state index < -0.39 is 42.2 Å². The molecule has 1 atom stereocenters. The Kier molecular flexibility index (Phi) is 5.16. The zero-order valence-electron chi connectivity index (χ0n) is 14.8. The van der Waals surface area contributed by atoms with Crippen molar-refractivity contribution >= 4 is 40.5 Å². The van der Waals surface area contributed by atoms with Crippen LogP contribution in [0.4, 0.5) is 24.5 Å². The topological polar surface area (TPSA) is 75.7 Å². The van der Waals surface area contributed by atoms with Crippen LogP contribution >= 0.6 is 11.3 Å². The van der Waals surface area contributed by atoms with Crippen LogP contribution in [-0.4, -0.2) is 30.4 Å². The standard InChI is InChI=1S/C18H15F3N2O4S/c1-9-5-6-28-15(9)17(26)27-10(2)16(25)23-8-14(24)22-12-7-11(18(19,20)21)3-4-13(12)23/h3-7,10H,8H2,1-2H3,(H,22,24). The minimum atomic E-state index is -4.59. The van der Waals surface area contributed by atoms with Gasteiger partial charge >= 0.3 is 12.1 Å². The highest BCUT2D eigenvalue weighted by atomic mass is 32.1. The third-order valence-electron chi connectivity index (χ3n) is 4.14. The molecule has 0 fully saturated rings. The number of benzene rings is 1. The molecule has 0 saturated carbocycles. The first-order valence-corrected chi connectivity index (χ1v) is 9.03. The fraction of sp³-hybridized carbons (Fsp3) is 0.278. The number of hydrogen-bond acceptors (Lipinski definition) is 5. The van der Waals surface area contributed by atoms with Gasteiger partial charge in [-0.1, -0.05) is 0 Å². The fourth-order valence-electron chi connectivity index (χ4n) is 2.73. The lowest BCUT2D eigenvalue weighted by Crippen LogP contribution is -2.47. The number of rotatable bonds is 3. The van der Waals surface area contributed by atoms with Crippen LogP contribution in [0, 0.1) is 6.92 Å². The number of carbonyl (C=O) groups is 3. The third-order valence-corrected chi connectivity index (χ3v) is 5.13. The molecule has 2 heterocycles. The van der Waals surface area contributed by atoms with Gasteiger partial charge in [0.25, 0.3) is 5.91 Å². The lowest BCUT2D eigenvalue weighted by atomic mass is 10.1. The first-order chi connectivity index (χ1) is 13.1. The second kappa shape index (κ2) is 7.27. The number of thiophene rings is 1. The number of fused-ring (bicyclic) bond motifs is 1. The molecule has 0 saturated heterocycles. The molecule has 2 aromatic rings. The molecule has 1 aliphatic rings. The molecule has 0 aliphatic carbocycles. The minimum Gasteiger partial charge on any atom is -0.448 e. The Labute approximate surface area is 161 Å². The van der Waals surface area contributed by atoms with Crippen LogP contribution in [0.1, 0.15) is 27.7 Å². The van der Waals surface area contributed by atoms with Gasteiger partial charge in [0.15, 0.2) is 6.10 Å². The Morgan fingerprint density at radius 3 is 2.61 bits per heavy atom. The third kappa shape index (κ3) is 3.86. The summed E-state index contributed by atoms with van der Waals surface area (Å²) in [5.74, 6) is -2.03. The lowest BCUT2D eigenvalue weighted by Gasteiger charge is -2.31. The highest BCUT2D eigenvalue weighted by Crippen LogP contribution is 2.37. The normalized spacial score (nSPS) is 14.9. The molecule has 1 aliphatic heterocycles. The van der Waals surface area contributed by atoms with E-state index in [1.807, 2.05) is 0 Å². The van der Waals surface area contributed by atoms with Gasteiger partial charge in [-0.05, 0) is 49.1 Å². The van der Waals surface area contributed by atoms with Crippen LogP contribution in [0.2, 0.25) is 0 Å². The molecule has 1 aromatic carbocycles. The Hall–Kier alpha value is -2.88. The van der Waals surface area contributed by atoms with Crippen LogP contribution in [0.15, 0.2) is 29.6 Å². The van der Waals surface area contributed by atoms with Gasteiger partial charge in [-0.2, -0.15) is 13.2 Å². The van der Waals surface area contributed by atoms with Gasteiger partial charge in [0.2, 0.25) is 5.91 Å². The van der Waals surface area contributed by atoms with Gasteiger partial charge in [0.1, 0.15) is 11.4 Å². The quantitative estimate of drug-likeness (QED) is 0.782. The number of aryl methyl sites for hydroxylation is 1. The molecule has 1 unspecified atom stereocenters. The van der Waals surface area contributed by atoms with Crippen molar-refractivity contribution in [3.8, 4) is 0 Å². The lowest BCUT2D eigenvalue weighted by molar-refractivity contribution is -0.137. The maximum absolute atomic E-state index is 12.9. The number of esters is 1. The number of carbonyl (C=O) groups excluding carboxylic acids is 3. The van der Waals surface area contributed by atoms with Crippen molar-refractivity contribution in [3.63, 3.8) is 0 Å². The highest BCUT2D eigenvalue weighted by Gasteiger charge is 2.35. The van der Waals surface area contributed by atoms with E-state index >= 15 is 0 Å². The van der Waals surface area contributed by atoms with Crippen molar-refractivity contribution in [1.29, 1.82) is 0 Å². The van der Waals surface area contributed by atoms with Gasteiger partial charge < -0.3 is 10.1 Å². The van der Waals surface area contributed by atoms with E-state index in [0.29, 0.717) is 10.4 Å². The maximum atomic E-state index is 12.9. The molecular weight excluding hydrogens is 397 g/mol. The predicted octanol–water partition coefficient (Wildman–Crippen LogP) is 3.61. The zero-order valence-corrected chi connectivity index (χ0v) is 15.6. The van der Waals surface area contributed by atoms with Crippen LogP contribution in [0.5, 0.6) is 0 Å². The van der Waals surface area contributed by atoms with E-state index in [1.54, 1.807) is 18.4 Å². The monoisotopic (exact) mass is 412 g/mol. The van der Waals surface area contributed by atoms with E-state index in [2.05, 4.69) is 5.32 Å². The summed E-state index contributed by atoms with van der Waals surface area (Å²) < 4.78 is 43.9. The van der Waals surface area contributed by atoms with E-state index in [0.717, 1.165) is 23.1 Å². The fourth-order valence-corrected chi connectivity index (χ4v) is 3.54. The van der Waals surface area contributed by atoms with Crippen LogP contribution in [-0.2, 0) is 20.5 Å². The van der Waals surface area contributed by atoms with E-state index in [9.17, 15) is 27.6 Å². The number of nitrogens with one attached hydrogen (secondary N) is 1. The number of ether oxygens (including phenoxy) is 1. The average Bonchev–Trinajstić information content (AvgIpc) is 3.05. The highest BCUT2D eigenvalue weighted by molar-refractivity contribution is 7.12. The second-order valence-electron chi connectivity index (χ2n) is 6.18. The molecule has 6 nitrogen and oxygen atoms in total. The molecule has 1 aromatic heterocycles. The molecular formula is C18H15F3N2O4S. The average molecular weight is 412 g/mol. The van der Waals surface area contributed by atoms with E-state index in [-0.39, 0.29) is 11.4 Å². The Balaban J connectivity index is 1.83. The number of nitrogens with zero attached hydrogens (tertiary/aromatic N) is 1. The summed E-state index contributed by atoms with van der Waals surface area (Å²) in [6.45, 7) is 2.68. The Bertz CT molecular complexity index is 955. The maximum Gasteiger partial charge on any atom is 0.416 e. The first kappa shape index (κ1) is 19.9. The number of halogens is 3. The number of anilines is 2. The first-order valence-electron chi connectivity index (χ1n) is 8.15. The van der Waals surface area contributed by atoms with Gasteiger partial charge in [-0.15, -0.1) is 11.3 Å². The smallest absolute Gasteiger partial charge is 0.416 e. The number of amides is 2.